The number of fused-ring (bicyclic) bond motifs is 18. The standard InChI is InChI=1S/3C20H29NO3.3C19H27NO3/c3*1-5-13(2)8-15-12-21-7-6-14-9-19(23-3)20(24-4)10-16(14)17(21)11-18(15)22;3*1-12(2)7-14-11-20-6-5-13-8-18(22-3)19(23-4)9-15(13)16(20)10-17(14)21/h3*9-10,13,15,17H,5-8,11-12H2,1-4H3;3*8-9,12,14,16H,5-7,10-11H2,1-4H3/i2D3,4D3,5D2,8D2,9D,10D,11D2,12D2,13D,15D;2D3,4D3,5D2,6D2,7D2,8D2,9D,10D,13D,17D;2D3,4D3,5D2,8D2,9D,10D,12D2,13D;4D3,8D,9D,10D2,11D2,14D;4D3,5D2,6D2,10D2,14D,16D;4D3,5D2,6D2,8D,9D,16D. The number of ether oxygens (including phenoxy) is 12. The summed E-state index contributed by atoms with van der Waals surface area (Å²) in [7, 11) is -11.8. The Morgan fingerprint density at radius 1 is 0.340 bits per heavy atom. The monoisotopic (exact) mass is 2030 g/mol. The fourth-order valence-electron chi connectivity index (χ4n) is 17.0. The highest BCUT2D eigenvalue weighted by molar-refractivity contribution is 5.86. The molecule has 24 heteroatoms. The Balaban J connectivity index is 0.000000213. The summed E-state index contributed by atoms with van der Waals surface area (Å²) >= 11 is 0. The number of methoxy groups -OCH3 is 12. The summed E-state index contributed by atoms with van der Waals surface area (Å²) in [6, 6.07) is -17.7. The van der Waals surface area contributed by atoms with Gasteiger partial charge in [0.1, 0.15) is 34.7 Å². The van der Waals surface area contributed by atoms with Crippen molar-refractivity contribution in [1.82, 2.24) is 29.4 Å². The van der Waals surface area contributed by atoms with Crippen molar-refractivity contribution in [2.45, 2.75) is 253 Å². The van der Waals surface area contributed by atoms with Crippen LogP contribution in [0.1, 0.15) is 394 Å². The Bertz CT molecular complexity index is 9330. The van der Waals surface area contributed by atoms with Crippen molar-refractivity contribution in [3.63, 3.8) is 0 Å². The van der Waals surface area contributed by atoms with Crippen LogP contribution in [0.25, 0.3) is 0 Å². The molecular formula is C117H168N6O18. The predicted molar refractivity (Wildman–Crippen MR) is 555 cm³/mol. The number of hydrogen-bond acceptors (Lipinski definition) is 24. The van der Waals surface area contributed by atoms with Gasteiger partial charge in [0.05, 0.1) is 127 Å². The second-order valence-electron chi connectivity index (χ2n) is 34.3. The zero-order valence-electron chi connectivity index (χ0n) is 162. The second-order valence-corrected chi connectivity index (χ2v) is 34.3. The summed E-state index contributed by atoms with van der Waals surface area (Å²) in [5, 5.41) is 0. The third-order valence-electron chi connectivity index (χ3n) is 23.8. The van der Waals surface area contributed by atoms with E-state index >= 15 is 0 Å². The molecule has 6 aromatic carbocycles. The maximum absolute atomic E-state index is 13.9. The Hall–Kier alpha value is -9.30. The summed E-state index contributed by atoms with van der Waals surface area (Å²) < 4.78 is 737. The van der Waals surface area contributed by atoms with Gasteiger partial charge in [0.15, 0.2) is 69.0 Å². The molecule has 0 aliphatic carbocycles. The molecule has 0 saturated carbocycles. The molecule has 15 atom stereocenters. The number of nitrogens with zero attached hydrogens (tertiary/aromatic N) is 6. The summed E-state index contributed by atoms with van der Waals surface area (Å²) in [6.45, 7) is -20.2. The van der Waals surface area contributed by atoms with Gasteiger partial charge in [0, 0.05) is 258 Å². The minimum absolute atomic E-state index is 0.0164. The van der Waals surface area contributed by atoms with Gasteiger partial charge in [-0.2, -0.15) is 0 Å². The van der Waals surface area contributed by atoms with Crippen LogP contribution in [0.4, 0.5) is 0 Å². The summed E-state index contributed by atoms with van der Waals surface area (Å²) in [5.74, 6) is -39.6. The van der Waals surface area contributed by atoms with Crippen LogP contribution in [-0.4, -0.2) is 227 Å². The van der Waals surface area contributed by atoms with E-state index in [4.69, 9.17) is 168 Å². The predicted octanol–water partition coefficient (Wildman–Crippen LogP) is 20.6. The zero-order chi connectivity index (χ0) is 173. The van der Waals surface area contributed by atoms with Crippen LogP contribution in [0.15, 0.2) is 72.6 Å². The van der Waals surface area contributed by atoms with Gasteiger partial charge in [0.2, 0.25) is 0 Å². The molecule has 24 nitrogen and oxygen atoms in total. The lowest BCUT2D eigenvalue weighted by molar-refractivity contribution is -0.130. The van der Waals surface area contributed by atoms with Gasteiger partial charge in [-0.3, -0.25) is 58.2 Å². The highest BCUT2D eigenvalue weighted by atomic mass is 16.5. The van der Waals surface area contributed by atoms with Gasteiger partial charge in [-0.1, -0.05) is 102 Å². The Labute approximate surface area is 957 Å². The number of rotatable bonds is 27. The molecule has 141 heavy (non-hydrogen) atoms. The lowest BCUT2D eigenvalue weighted by atomic mass is 9.79. The number of carbonyl (C=O) groups excluding carboxylic acids is 6. The number of ketones is 6. The van der Waals surface area contributed by atoms with Crippen LogP contribution < -0.4 is 56.8 Å². The average Bonchev–Trinajstić information content (AvgIpc) is 0.654. The zero-order valence-corrected chi connectivity index (χ0v) is 80.0. The van der Waals surface area contributed by atoms with Crippen LogP contribution in [-0.2, 0) is 67.1 Å². The van der Waals surface area contributed by atoms with E-state index < -0.39 is 474 Å². The topological polar surface area (TPSA) is 233 Å². The number of Topliss-reactive ketones (excluding diaryl/α,β-unsaturated/α-hetero) is 6. The fraction of sp³-hybridized carbons (Fsp3) is 0.641. The van der Waals surface area contributed by atoms with Gasteiger partial charge in [-0.15, -0.1) is 0 Å². The third kappa shape index (κ3) is 25.6. The van der Waals surface area contributed by atoms with Crippen molar-refractivity contribution in [1.29, 1.82) is 0 Å². The number of hydrogen-bond donors (Lipinski definition) is 0. The van der Waals surface area contributed by atoms with Crippen molar-refractivity contribution >= 4 is 34.7 Å². The molecular weight excluding hydrogens is 1780 g/mol. The minimum Gasteiger partial charge on any atom is -0.493 e. The molecule has 0 N–H and O–H groups in total. The van der Waals surface area contributed by atoms with Crippen molar-refractivity contribution in [2.75, 3.05) is 163 Å². The SMILES string of the molecule is [2H]C([2H])([2H])Oc1cc2c(cc1OC)C([2H])([2H])C([2H])([2H])N1CC([2H])(CC(C)C)C(=O)C([2H])([2H])C21[2H].[2H]c1c(OC([2H])([2H])[2H])c(OC)c([2H])c2c1C1([2H])CC(=O)C(C([2H])([2H])C([2H])(C([2H])([2H])[2H])C([2H])([2H])C)CN1C([2H])([2H])C2([2H])[2H].[2H]c1c(OC([2H])([2H])[2H])c(OC)c([2H])c2c1C1([2H])CC(=O)C(CC(C)C)CN1C([2H])([2H])C2([2H])[2H].[2H]c1c2c(c([2H])c(OC([2H])([2H])[2H])c1OC)C1CC(=O)C(C([2H])([2H])C([2H])(C([2H])([2H])[2H])C([2H])([2H])C)C([2H])([2H])N1CC2.[2H]c1c2c(c([2H])c(OC([2H])([2H])[2H])c1OC)C1N(CC2)C([2H])([2H])C([2H])(C([2H])([2H])C([2H])(C([2H])([2H])[2H])C([2H])([2H])C)C(=O)C1([2H])[2H].[2H]c1c2c(c([2H])c(OC([2H])([2H])[2H])c1OC)C1N(CC2)C([2H])([2H])C([2H])(CC(C)C)C(=O)C1([2H])[2H]. The van der Waals surface area contributed by atoms with E-state index in [0.29, 0.717) is 41.9 Å². The highest BCUT2D eigenvalue weighted by Crippen LogP contribution is 2.51. The third-order valence-corrected chi connectivity index (χ3v) is 23.8. The molecule has 6 saturated heterocycles. The van der Waals surface area contributed by atoms with Gasteiger partial charge in [-0.05, 0) is 252 Å². The van der Waals surface area contributed by atoms with Gasteiger partial charge in [0.25, 0.3) is 0 Å². The van der Waals surface area contributed by atoms with E-state index in [1.165, 1.54) is 7.11 Å². The minimum atomic E-state index is -4.22. The Morgan fingerprint density at radius 3 is 1.13 bits per heavy atom. The number of piperidine rings is 6. The van der Waals surface area contributed by atoms with Gasteiger partial charge < -0.3 is 56.8 Å². The smallest absolute Gasteiger partial charge is 0.161 e. The fourth-order valence-corrected chi connectivity index (χ4v) is 17.0. The van der Waals surface area contributed by atoms with Gasteiger partial charge >= 0.3 is 0 Å². The van der Waals surface area contributed by atoms with Crippen LogP contribution in [0.3, 0.4) is 0 Å². The van der Waals surface area contributed by atoms with E-state index in [1.807, 2.05) is 13.8 Å². The Kier molecular flexibility index (Phi) is 15.7. The molecule has 0 bridgehead atoms. The van der Waals surface area contributed by atoms with Crippen LogP contribution in [0.2, 0.25) is 0 Å². The summed E-state index contributed by atoms with van der Waals surface area (Å²) in [4.78, 5) is 85.1. The molecule has 6 aromatic rings. The molecule has 15 unspecified atom stereocenters. The summed E-state index contributed by atoms with van der Waals surface area (Å²) in [6.07, 6.45) is -42.1. The highest BCUT2D eigenvalue weighted by Gasteiger charge is 2.47. The van der Waals surface area contributed by atoms with E-state index in [1.54, 1.807) is 27.7 Å². The first kappa shape index (κ1) is 44.2. The maximum Gasteiger partial charge on any atom is 0.161 e. The molecule has 18 rings (SSSR count). The molecule has 774 valence electrons. The second kappa shape index (κ2) is 50.0. The molecule has 6 fully saturated rings. The van der Waals surface area contributed by atoms with Crippen LogP contribution >= 0.6 is 0 Å². The molecule has 0 radical (unpaired) electrons. The molecule has 12 heterocycles. The normalized spacial score (nSPS) is 42.7. The lowest BCUT2D eigenvalue weighted by Gasteiger charge is -2.43. The van der Waals surface area contributed by atoms with Crippen molar-refractivity contribution in [3.8, 4) is 69.0 Å². The molecule has 0 amide bonds. The molecule has 12 aliphatic rings. The lowest BCUT2D eigenvalue weighted by Crippen LogP contribution is -2.46. The maximum atomic E-state index is 13.9. The average molecular weight is 2030 g/mol. The first-order valence-electron chi connectivity index (χ1n) is 85.6. The van der Waals surface area contributed by atoms with Crippen molar-refractivity contribution in [3.05, 3.63) is 139 Å². The van der Waals surface area contributed by atoms with E-state index in [2.05, 4.69) is 0 Å². The van der Waals surface area contributed by atoms with Crippen molar-refractivity contribution in [2.24, 2.45) is 70.9 Å². The van der Waals surface area contributed by atoms with Crippen LogP contribution in [0, 0.1) is 70.9 Å². The largest absolute Gasteiger partial charge is 0.493 e. The number of aryl methyl sites for hydroxylation is 1. The van der Waals surface area contributed by atoms with E-state index in [9.17, 15) is 30.1 Å². The van der Waals surface area contributed by atoms with E-state index in [-0.39, 0.29) is 132 Å². The first-order chi connectivity index (χ1) is 99.3. The molecule has 0 aromatic heterocycles. The van der Waals surface area contributed by atoms with Gasteiger partial charge in [-0.25, -0.2) is 0 Å². The Morgan fingerprint density at radius 2 is 0.688 bits per heavy atom. The number of benzene rings is 6. The summed E-state index contributed by atoms with van der Waals surface area (Å²) in [5.41, 5.74) is -4.38. The van der Waals surface area contributed by atoms with E-state index in [0.717, 1.165) is 62.4 Å². The molecule has 0 spiro atoms. The van der Waals surface area contributed by atoms with Crippen LogP contribution in [0.5, 0.6) is 69.0 Å². The molecule has 12 aliphatic heterocycles. The first-order valence-corrected chi connectivity index (χ1v) is 44.6. The van der Waals surface area contributed by atoms with Crippen molar-refractivity contribution < 1.29 is 198 Å². The quantitative estimate of drug-likeness (QED) is 0.0466. The number of carbonyl (C=O) groups is 6.